The second-order valence-corrected chi connectivity index (χ2v) is 5.86. The van der Waals surface area contributed by atoms with Gasteiger partial charge in [-0.25, -0.2) is 0 Å². The Balaban J connectivity index is 2.24. The monoisotopic (exact) mass is 325 g/mol. The van der Waals surface area contributed by atoms with Crippen LogP contribution in [0.15, 0.2) is 30.5 Å². The first-order chi connectivity index (χ1) is 10.2. The number of hydrogen-bond donors (Lipinski definition) is 1. The molecule has 0 aliphatic rings. The Bertz CT molecular complexity index is 581. The van der Waals surface area contributed by atoms with Gasteiger partial charge in [-0.2, -0.15) is 5.10 Å². The second-order valence-electron chi connectivity index (χ2n) is 5.02. The van der Waals surface area contributed by atoms with Crippen molar-refractivity contribution in [3.63, 3.8) is 0 Å². The van der Waals surface area contributed by atoms with Crippen LogP contribution in [0.1, 0.15) is 37.6 Å². The van der Waals surface area contributed by atoms with Crippen molar-refractivity contribution in [2.75, 3.05) is 6.54 Å². The summed E-state index contributed by atoms with van der Waals surface area (Å²) < 4.78 is 2.02. The SMILES string of the molecule is CCCNC(Cc1ccc(Cl)cc1Cl)c1ccnn1CC. The molecule has 114 valence electrons. The molecule has 0 bridgehead atoms. The van der Waals surface area contributed by atoms with Gasteiger partial charge in [-0.05, 0) is 50.1 Å². The molecule has 0 saturated heterocycles. The normalized spacial score (nSPS) is 12.6. The number of hydrogen-bond acceptors (Lipinski definition) is 2. The fraction of sp³-hybridized carbons (Fsp3) is 0.438. The van der Waals surface area contributed by atoms with Gasteiger partial charge in [-0.15, -0.1) is 0 Å². The maximum Gasteiger partial charge on any atom is 0.0556 e. The van der Waals surface area contributed by atoms with Gasteiger partial charge in [-0.3, -0.25) is 4.68 Å². The predicted octanol–water partition coefficient (Wildman–Crippen LogP) is 4.49. The molecule has 3 nitrogen and oxygen atoms in total. The lowest BCUT2D eigenvalue weighted by atomic mass is 10.0. The van der Waals surface area contributed by atoms with Crippen LogP contribution in [0.2, 0.25) is 10.0 Å². The molecule has 1 atom stereocenters. The van der Waals surface area contributed by atoms with Crippen LogP contribution in [0.4, 0.5) is 0 Å². The van der Waals surface area contributed by atoms with Crippen molar-refractivity contribution in [3.8, 4) is 0 Å². The predicted molar refractivity (Wildman–Crippen MR) is 89.1 cm³/mol. The number of rotatable bonds is 7. The van der Waals surface area contributed by atoms with Crippen molar-refractivity contribution < 1.29 is 0 Å². The molecular weight excluding hydrogens is 305 g/mol. The van der Waals surface area contributed by atoms with E-state index < -0.39 is 0 Å². The highest BCUT2D eigenvalue weighted by Gasteiger charge is 2.17. The standard InChI is InChI=1S/C16H21Cl2N3/c1-3-8-19-15(16-7-9-20-21(16)4-2)10-12-5-6-13(17)11-14(12)18/h5-7,9,11,15,19H,3-4,8,10H2,1-2H3. The zero-order valence-corrected chi connectivity index (χ0v) is 14.0. The maximum atomic E-state index is 6.31. The van der Waals surface area contributed by atoms with E-state index in [-0.39, 0.29) is 6.04 Å². The van der Waals surface area contributed by atoms with Gasteiger partial charge in [-0.1, -0.05) is 36.2 Å². The lowest BCUT2D eigenvalue weighted by Crippen LogP contribution is -2.26. The summed E-state index contributed by atoms with van der Waals surface area (Å²) in [7, 11) is 0. The van der Waals surface area contributed by atoms with Crippen molar-refractivity contribution in [1.82, 2.24) is 15.1 Å². The molecule has 21 heavy (non-hydrogen) atoms. The molecule has 1 aromatic heterocycles. The Hall–Kier alpha value is -1.03. The van der Waals surface area contributed by atoms with Crippen LogP contribution in [-0.2, 0) is 13.0 Å². The summed E-state index contributed by atoms with van der Waals surface area (Å²) in [5.41, 5.74) is 2.29. The molecule has 1 aromatic carbocycles. The summed E-state index contributed by atoms with van der Waals surface area (Å²) in [5, 5.41) is 9.33. The largest absolute Gasteiger partial charge is 0.308 e. The highest BCUT2D eigenvalue weighted by atomic mass is 35.5. The maximum absolute atomic E-state index is 6.31. The van der Waals surface area contributed by atoms with Gasteiger partial charge in [0.1, 0.15) is 0 Å². The van der Waals surface area contributed by atoms with Crippen LogP contribution in [0.3, 0.4) is 0 Å². The molecule has 1 N–H and O–H groups in total. The molecule has 0 aliphatic heterocycles. The van der Waals surface area contributed by atoms with Gasteiger partial charge in [0.2, 0.25) is 0 Å². The van der Waals surface area contributed by atoms with Crippen molar-refractivity contribution in [3.05, 3.63) is 51.8 Å². The zero-order chi connectivity index (χ0) is 15.2. The summed E-state index contributed by atoms with van der Waals surface area (Å²) in [5.74, 6) is 0. The Kier molecular flexibility index (Phi) is 6.09. The van der Waals surface area contributed by atoms with E-state index in [9.17, 15) is 0 Å². The van der Waals surface area contributed by atoms with Crippen LogP contribution in [-0.4, -0.2) is 16.3 Å². The fourth-order valence-electron chi connectivity index (χ4n) is 2.41. The van der Waals surface area contributed by atoms with Crippen LogP contribution in [0.25, 0.3) is 0 Å². The minimum Gasteiger partial charge on any atom is -0.308 e. The first-order valence-electron chi connectivity index (χ1n) is 7.34. The molecular formula is C16H21Cl2N3. The number of nitrogens with zero attached hydrogens (tertiary/aromatic N) is 2. The Morgan fingerprint density at radius 2 is 2.05 bits per heavy atom. The van der Waals surface area contributed by atoms with E-state index >= 15 is 0 Å². The van der Waals surface area contributed by atoms with Crippen LogP contribution < -0.4 is 5.32 Å². The van der Waals surface area contributed by atoms with E-state index in [2.05, 4.69) is 30.3 Å². The molecule has 0 fully saturated rings. The molecule has 1 heterocycles. The van der Waals surface area contributed by atoms with Crippen molar-refractivity contribution >= 4 is 23.2 Å². The highest BCUT2D eigenvalue weighted by molar-refractivity contribution is 6.35. The summed E-state index contributed by atoms with van der Waals surface area (Å²) in [6.45, 7) is 6.09. The van der Waals surface area contributed by atoms with Gasteiger partial charge in [0.25, 0.3) is 0 Å². The Morgan fingerprint density at radius 3 is 2.71 bits per heavy atom. The summed E-state index contributed by atoms with van der Waals surface area (Å²) in [4.78, 5) is 0. The van der Waals surface area contributed by atoms with E-state index in [1.54, 1.807) is 6.07 Å². The quantitative estimate of drug-likeness (QED) is 0.812. The molecule has 0 spiro atoms. The summed E-state index contributed by atoms with van der Waals surface area (Å²) in [6.07, 6.45) is 3.76. The molecule has 5 heteroatoms. The number of nitrogens with one attached hydrogen (secondary N) is 1. The topological polar surface area (TPSA) is 29.9 Å². The average molecular weight is 326 g/mol. The first kappa shape index (κ1) is 16.3. The van der Waals surface area contributed by atoms with Crippen LogP contribution in [0.5, 0.6) is 0 Å². The third kappa shape index (κ3) is 4.22. The van der Waals surface area contributed by atoms with Crippen molar-refractivity contribution in [2.45, 2.75) is 39.3 Å². The highest BCUT2D eigenvalue weighted by Crippen LogP contribution is 2.26. The van der Waals surface area contributed by atoms with Gasteiger partial charge >= 0.3 is 0 Å². The van der Waals surface area contributed by atoms with E-state index in [1.165, 1.54) is 5.69 Å². The zero-order valence-electron chi connectivity index (χ0n) is 12.4. The average Bonchev–Trinajstić information content (AvgIpc) is 2.94. The third-order valence-electron chi connectivity index (χ3n) is 3.49. The van der Waals surface area contributed by atoms with E-state index in [0.717, 1.165) is 31.5 Å². The number of benzene rings is 1. The van der Waals surface area contributed by atoms with E-state index in [4.69, 9.17) is 23.2 Å². The lowest BCUT2D eigenvalue weighted by Gasteiger charge is -2.20. The number of aryl methyl sites for hydroxylation is 1. The Morgan fingerprint density at radius 1 is 1.24 bits per heavy atom. The molecule has 2 rings (SSSR count). The summed E-state index contributed by atoms with van der Waals surface area (Å²) in [6, 6.07) is 7.95. The van der Waals surface area contributed by atoms with Crippen molar-refractivity contribution in [2.24, 2.45) is 0 Å². The molecule has 2 aromatic rings. The van der Waals surface area contributed by atoms with Gasteiger partial charge in [0, 0.05) is 22.8 Å². The third-order valence-corrected chi connectivity index (χ3v) is 4.07. The lowest BCUT2D eigenvalue weighted by molar-refractivity contribution is 0.479. The van der Waals surface area contributed by atoms with Crippen LogP contribution >= 0.6 is 23.2 Å². The molecule has 0 saturated carbocycles. The number of aromatic nitrogens is 2. The van der Waals surface area contributed by atoms with Crippen LogP contribution in [0, 0.1) is 0 Å². The smallest absolute Gasteiger partial charge is 0.0556 e. The molecule has 0 amide bonds. The molecule has 1 unspecified atom stereocenters. The van der Waals surface area contributed by atoms with Crippen molar-refractivity contribution in [1.29, 1.82) is 0 Å². The Labute approximate surface area is 136 Å². The summed E-state index contributed by atoms with van der Waals surface area (Å²) >= 11 is 12.3. The van der Waals surface area contributed by atoms with Gasteiger partial charge < -0.3 is 5.32 Å². The minimum atomic E-state index is 0.200. The molecule has 0 radical (unpaired) electrons. The second kappa shape index (κ2) is 7.83. The van der Waals surface area contributed by atoms with Gasteiger partial charge in [0.15, 0.2) is 0 Å². The van der Waals surface area contributed by atoms with E-state index in [1.807, 2.05) is 23.0 Å². The molecule has 0 aliphatic carbocycles. The minimum absolute atomic E-state index is 0.200. The first-order valence-corrected chi connectivity index (χ1v) is 8.10. The fourth-order valence-corrected chi connectivity index (χ4v) is 2.90. The number of halogens is 2. The van der Waals surface area contributed by atoms with E-state index in [0.29, 0.717) is 10.0 Å². The van der Waals surface area contributed by atoms with Gasteiger partial charge in [0.05, 0.1) is 11.7 Å².